The number of anilines is 1. The molecule has 1 aromatic heterocycles. The molecule has 0 unspecified atom stereocenters. The molecule has 0 atom stereocenters. The molecule has 23 heavy (non-hydrogen) atoms. The summed E-state index contributed by atoms with van der Waals surface area (Å²) >= 11 is 12.0. The zero-order valence-corrected chi connectivity index (χ0v) is 14.0. The summed E-state index contributed by atoms with van der Waals surface area (Å²) < 4.78 is 7.32. The van der Waals surface area contributed by atoms with Crippen LogP contribution in [0.2, 0.25) is 10.0 Å². The zero-order valence-electron chi connectivity index (χ0n) is 12.5. The molecule has 1 fully saturated rings. The number of ether oxygens (including phenoxy) is 1. The maximum absolute atomic E-state index is 12.1. The van der Waals surface area contributed by atoms with Gasteiger partial charge in [0.1, 0.15) is 5.82 Å². The van der Waals surface area contributed by atoms with E-state index in [1.165, 1.54) is 12.8 Å². The first-order chi connectivity index (χ1) is 11.1. The highest BCUT2D eigenvalue weighted by atomic mass is 35.5. The van der Waals surface area contributed by atoms with E-state index in [9.17, 15) is 4.79 Å². The summed E-state index contributed by atoms with van der Waals surface area (Å²) in [7, 11) is 0. The molecule has 1 saturated carbocycles. The fourth-order valence-corrected chi connectivity index (χ4v) is 3.30. The molecule has 1 N–H and O–H groups in total. The van der Waals surface area contributed by atoms with Crippen LogP contribution in [0, 0.1) is 0 Å². The molecule has 0 bridgehead atoms. The summed E-state index contributed by atoms with van der Waals surface area (Å²) in [5.74, 6) is 0.728. The number of aromatic nitrogens is 2. The van der Waals surface area contributed by atoms with Gasteiger partial charge in [-0.15, -0.1) is 0 Å². The van der Waals surface area contributed by atoms with Crippen molar-refractivity contribution >= 4 is 34.9 Å². The Morgan fingerprint density at radius 1 is 1.26 bits per heavy atom. The van der Waals surface area contributed by atoms with Gasteiger partial charge in [-0.05, 0) is 25.0 Å². The smallest absolute Gasteiger partial charge is 0.263 e. The lowest BCUT2D eigenvalue weighted by Crippen LogP contribution is -2.23. The third kappa shape index (κ3) is 3.79. The van der Waals surface area contributed by atoms with Crippen LogP contribution in [0.4, 0.5) is 5.82 Å². The number of halogens is 2. The minimum atomic E-state index is -0.277. The van der Waals surface area contributed by atoms with Gasteiger partial charge in [0, 0.05) is 6.07 Å². The van der Waals surface area contributed by atoms with E-state index in [4.69, 9.17) is 27.9 Å². The fraction of sp³-hybridized carbons (Fsp3) is 0.375. The third-order valence-electron chi connectivity index (χ3n) is 3.87. The Balaban J connectivity index is 1.61. The molecule has 1 aromatic carbocycles. The van der Waals surface area contributed by atoms with Crippen molar-refractivity contribution in [1.29, 1.82) is 0 Å². The number of hydrogen-bond acceptors (Lipinski definition) is 3. The highest BCUT2D eigenvalue weighted by molar-refractivity contribution is 6.37. The second-order valence-electron chi connectivity index (χ2n) is 5.49. The number of nitrogens with zero attached hydrogens (tertiary/aromatic N) is 2. The topological polar surface area (TPSA) is 56.1 Å². The van der Waals surface area contributed by atoms with Gasteiger partial charge in [0.05, 0.1) is 22.3 Å². The maximum atomic E-state index is 12.1. The third-order valence-corrected chi connectivity index (χ3v) is 4.47. The number of benzene rings is 1. The molecule has 122 valence electrons. The van der Waals surface area contributed by atoms with Crippen molar-refractivity contribution in [1.82, 2.24) is 9.78 Å². The molecule has 1 aliphatic carbocycles. The van der Waals surface area contributed by atoms with Gasteiger partial charge >= 0.3 is 0 Å². The molecule has 0 saturated heterocycles. The monoisotopic (exact) mass is 353 g/mol. The van der Waals surface area contributed by atoms with E-state index >= 15 is 0 Å². The molecule has 5 nitrogen and oxygen atoms in total. The number of carbonyl (C=O) groups excluding carboxylic acids is 1. The first-order valence-electron chi connectivity index (χ1n) is 7.55. The van der Waals surface area contributed by atoms with Crippen molar-refractivity contribution in [3.63, 3.8) is 0 Å². The molecule has 1 heterocycles. The van der Waals surface area contributed by atoms with Crippen molar-refractivity contribution in [2.75, 3.05) is 11.9 Å². The normalized spacial score (nSPS) is 14.9. The predicted octanol–water partition coefficient (Wildman–Crippen LogP) is 4.32. The SMILES string of the molecule is O=C(COc1c(Cl)cccc1Cl)Nc1ccnn1C1CCCC1. The van der Waals surface area contributed by atoms with Crippen LogP contribution in [0.1, 0.15) is 31.7 Å². The van der Waals surface area contributed by atoms with Crippen LogP contribution in [-0.4, -0.2) is 22.3 Å². The lowest BCUT2D eigenvalue weighted by Gasteiger charge is -2.15. The van der Waals surface area contributed by atoms with Crippen LogP contribution in [0.25, 0.3) is 0 Å². The van der Waals surface area contributed by atoms with E-state index in [-0.39, 0.29) is 12.5 Å². The average Bonchev–Trinajstić information content (AvgIpc) is 3.17. The Kier molecular flexibility index (Phi) is 5.08. The summed E-state index contributed by atoms with van der Waals surface area (Å²) in [6, 6.07) is 7.20. The highest BCUT2D eigenvalue weighted by Gasteiger charge is 2.20. The first kappa shape index (κ1) is 16.1. The van der Waals surface area contributed by atoms with Gasteiger partial charge in [0.25, 0.3) is 5.91 Å². The largest absolute Gasteiger partial charge is 0.481 e. The molecule has 0 aliphatic heterocycles. The van der Waals surface area contributed by atoms with Crippen molar-refractivity contribution in [2.24, 2.45) is 0 Å². The zero-order chi connectivity index (χ0) is 16.2. The maximum Gasteiger partial charge on any atom is 0.263 e. The van der Waals surface area contributed by atoms with Crippen molar-refractivity contribution in [2.45, 2.75) is 31.7 Å². The Morgan fingerprint density at radius 3 is 2.65 bits per heavy atom. The lowest BCUT2D eigenvalue weighted by atomic mass is 10.2. The second kappa shape index (κ2) is 7.23. The summed E-state index contributed by atoms with van der Waals surface area (Å²) in [6.45, 7) is -0.167. The van der Waals surface area contributed by atoms with E-state index in [1.807, 2.05) is 4.68 Å². The van der Waals surface area contributed by atoms with Crippen molar-refractivity contribution in [3.05, 3.63) is 40.5 Å². The van der Waals surface area contributed by atoms with Gasteiger partial charge in [-0.1, -0.05) is 42.1 Å². The van der Waals surface area contributed by atoms with Gasteiger partial charge in [0.15, 0.2) is 12.4 Å². The van der Waals surface area contributed by atoms with E-state index in [0.29, 0.717) is 27.7 Å². The minimum absolute atomic E-state index is 0.167. The number of nitrogens with one attached hydrogen (secondary N) is 1. The molecule has 3 rings (SSSR count). The minimum Gasteiger partial charge on any atom is -0.481 e. The fourth-order valence-electron chi connectivity index (χ4n) is 2.79. The van der Waals surface area contributed by atoms with E-state index < -0.39 is 0 Å². The van der Waals surface area contributed by atoms with Crippen LogP contribution < -0.4 is 10.1 Å². The Morgan fingerprint density at radius 2 is 1.96 bits per heavy atom. The summed E-state index contributed by atoms with van der Waals surface area (Å²) in [5.41, 5.74) is 0. The number of rotatable bonds is 5. The number of carbonyl (C=O) groups is 1. The van der Waals surface area contributed by atoms with E-state index in [0.717, 1.165) is 12.8 Å². The quantitative estimate of drug-likeness (QED) is 0.870. The first-order valence-corrected chi connectivity index (χ1v) is 8.31. The summed E-state index contributed by atoms with van der Waals surface area (Å²) in [6.07, 6.45) is 6.28. The Hall–Kier alpha value is -1.72. The predicted molar refractivity (Wildman–Crippen MR) is 90.3 cm³/mol. The van der Waals surface area contributed by atoms with Crippen LogP contribution >= 0.6 is 23.2 Å². The van der Waals surface area contributed by atoms with Gasteiger partial charge in [-0.2, -0.15) is 5.10 Å². The van der Waals surface area contributed by atoms with Crippen LogP contribution in [0.5, 0.6) is 5.75 Å². The van der Waals surface area contributed by atoms with E-state index in [1.54, 1.807) is 30.5 Å². The van der Waals surface area contributed by atoms with Crippen LogP contribution in [0.15, 0.2) is 30.5 Å². The van der Waals surface area contributed by atoms with Gasteiger partial charge < -0.3 is 10.1 Å². The molecular weight excluding hydrogens is 337 g/mol. The summed E-state index contributed by atoms with van der Waals surface area (Å²) in [5, 5.41) is 7.90. The van der Waals surface area contributed by atoms with Gasteiger partial charge in [-0.25, -0.2) is 4.68 Å². The second-order valence-corrected chi connectivity index (χ2v) is 6.30. The highest BCUT2D eigenvalue weighted by Crippen LogP contribution is 2.33. The molecule has 1 amide bonds. The average molecular weight is 354 g/mol. The van der Waals surface area contributed by atoms with Crippen LogP contribution in [0.3, 0.4) is 0 Å². The standard InChI is InChI=1S/C16H17Cl2N3O2/c17-12-6-3-7-13(18)16(12)23-10-15(22)20-14-8-9-19-21(14)11-4-1-2-5-11/h3,6-9,11H,1-2,4-5,10H2,(H,20,22). The van der Waals surface area contributed by atoms with Crippen molar-refractivity contribution in [3.8, 4) is 5.75 Å². The summed E-state index contributed by atoms with van der Waals surface area (Å²) in [4.78, 5) is 12.1. The number of hydrogen-bond donors (Lipinski definition) is 1. The number of para-hydroxylation sites is 1. The van der Waals surface area contributed by atoms with E-state index in [2.05, 4.69) is 10.4 Å². The number of amides is 1. The molecule has 7 heteroatoms. The molecular formula is C16H17Cl2N3O2. The Labute approximate surface area is 144 Å². The lowest BCUT2D eigenvalue weighted by molar-refractivity contribution is -0.118. The molecule has 0 spiro atoms. The van der Waals surface area contributed by atoms with Gasteiger partial charge in [-0.3, -0.25) is 4.79 Å². The molecule has 0 radical (unpaired) electrons. The van der Waals surface area contributed by atoms with Gasteiger partial charge in [0.2, 0.25) is 0 Å². The van der Waals surface area contributed by atoms with Crippen molar-refractivity contribution < 1.29 is 9.53 Å². The molecule has 2 aromatic rings. The van der Waals surface area contributed by atoms with Crippen LogP contribution in [-0.2, 0) is 4.79 Å². The molecule has 1 aliphatic rings. The Bertz CT molecular complexity index is 676.